The SMILES string of the molecule is CN1C=S(NC(=O)CN)C(S(=O)(=O)NC(=O)OCc2ccccc2)N1. The molecule has 0 radical (unpaired) electrons. The number of benzene rings is 1. The molecule has 1 aromatic rings. The number of hydrogen-bond acceptors (Lipinski definition) is 8. The highest BCUT2D eigenvalue weighted by Crippen LogP contribution is 2.23. The summed E-state index contributed by atoms with van der Waals surface area (Å²) in [5.41, 5.74) is 10.0. The average molecular weight is 389 g/mol. The molecule has 2 unspecified atom stereocenters. The molecule has 0 aliphatic carbocycles. The first-order chi connectivity index (χ1) is 11.8. The monoisotopic (exact) mass is 389 g/mol. The van der Waals surface area contributed by atoms with Crippen LogP contribution < -0.4 is 20.6 Å². The van der Waals surface area contributed by atoms with Gasteiger partial charge in [0.25, 0.3) is 10.0 Å². The number of sulfonamides is 1. The Morgan fingerprint density at radius 3 is 2.68 bits per heavy atom. The smallest absolute Gasteiger partial charge is 0.421 e. The molecule has 0 spiro atoms. The van der Waals surface area contributed by atoms with Gasteiger partial charge >= 0.3 is 6.09 Å². The fraction of sp³-hybridized carbons (Fsp3) is 0.308. The Morgan fingerprint density at radius 1 is 1.36 bits per heavy atom. The molecule has 5 N–H and O–H groups in total. The molecule has 1 aliphatic rings. The summed E-state index contributed by atoms with van der Waals surface area (Å²) in [5.74, 6) is -0.511. The van der Waals surface area contributed by atoms with Crippen molar-refractivity contribution in [2.75, 3.05) is 13.6 Å². The Morgan fingerprint density at radius 2 is 2.04 bits per heavy atom. The molecule has 0 bridgehead atoms. The molecule has 1 aromatic carbocycles. The quantitative estimate of drug-likeness (QED) is 0.454. The lowest BCUT2D eigenvalue weighted by atomic mass is 10.2. The van der Waals surface area contributed by atoms with Gasteiger partial charge in [-0.15, -0.1) is 0 Å². The van der Waals surface area contributed by atoms with E-state index < -0.39 is 37.4 Å². The van der Waals surface area contributed by atoms with Crippen LogP contribution in [-0.2, 0) is 26.2 Å². The highest BCUT2D eigenvalue weighted by molar-refractivity contribution is 8.22. The van der Waals surface area contributed by atoms with Crippen molar-refractivity contribution in [2.24, 2.45) is 5.73 Å². The van der Waals surface area contributed by atoms with Crippen molar-refractivity contribution < 1.29 is 22.7 Å². The zero-order chi connectivity index (χ0) is 18.4. The molecule has 2 atom stereocenters. The van der Waals surface area contributed by atoms with Crippen LogP contribution in [0, 0.1) is 0 Å². The van der Waals surface area contributed by atoms with E-state index in [4.69, 9.17) is 10.5 Å². The lowest BCUT2D eigenvalue weighted by Crippen LogP contribution is -2.47. The van der Waals surface area contributed by atoms with E-state index in [9.17, 15) is 18.0 Å². The van der Waals surface area contributed by atoms with Crippen molar-refractivity contribution in [2.45, 2.75) is 11.3 Å². The summed E-state index contributed by atoms with van der Waals surface area (Å²) >= 11 is 0. The molecule has 0 saturated heterocycles. The second-order valence-electron chi connectivity index (χ2n) is 4.99. The Labute approximate surface area is 147 Å². The van der Waals surface area contributed by atoms with E-state index >= 15 is 0 Å². The second-order valence-corrected chi connectivity index (χ2v) is 8.68. The van der Waals surface area contributed by atoms with E-state index in [2.05, 4.69) is 10.1 Å². The highest BCUT2D eigenvalue weighted by Gasteiger charge is 2.36. The van der Waals surface area contributed by atoms with Crippen LogP contribution in [0.2, 0.25) is 0 Å². The van der Waals surface area contributed by atoms with Gasteiger partial charge in [0.1, 0.15) is 6.61 Å². The highest BCUT2D eigenvalue weighted by atomic mass is 32.3. The molecule has 10 nitrogen and oxygen atoms in total. The number of hydrogen-bond donors (Lipinski definition) is 4. The lowest BCUT2D eigenvalue weighted by molar-refractivity contribution is -0.117. The van der Waals surface area contributed by atoms with Gasteiger partial charge < -0.3 is 15.2 Å². The molecule has 2 amide bonds. The molecule has 138 valence electrons. The Hall–Kier alpha value is -1.99. The fourth-order valence-corrected chi connectivity index (χ4v) is 5.39. The summed E-state index contributed by atoms with van der Waals surface area (Å²) in [6, 6.07) is 8.83. The van der Waals surface area contributed by atoms with E-state index in [1.54, 1.807) is 31.3 Å². The molecular formula is C13H19N5O5S2. The Kier molecular flexibility index (Phi) is 6.50. The second kappa shape index (κ2) is 8.40. The van der Waals surface area contributed by atoms with E-state index in [0.717, 1.165) is 5.56 Å². The van der Waals surface area contributed by atoms with Gasteiger partial charge in [0.2, 0.25) is 10.6 Å². The molecule has 25 heavy (non-hydrogen) atoms. The van der Waals surface area contributed by atoms with Crippen molar-refractivity contribution in [3.63, 3.8) is 0 Å². The first kappa shape index (κ1) is 19.3. The van der Waals surface area contributed by atoms with Crippen molar-refractivity contribution in [1.82, 2.24) is 19.9 Å². The van der Waals surface area contributed by atoms with E-state index in [0.29, 0.717) is 0 Å². The third-order valence-electron chi connectivity index (χ3n) is 2.95. The van der Waals surface area contributed by atoms with Gasteiger partial charge in [-0.25, -0.2) is 28.4 Å². The molecule has 0 fully saturated rings. The van der Waals surface area contributed by atoms with Gasteiger partial charge in [-0.1, -0.05) is 30.3 Å². The number of nitrogens with one attached hydrogen (secondary N) is 3. The molecule has 1 heterocycles. The molecule has 0 aromatic heterocycles. The maximum Gasteiger partial charge on any atom is 0.421 e. The predicted octanol–water partition coefficient (Wildman–Crippen LogP) is -1.01. The van der Waals surface area contributed by atoms with Crippen molar-refractivity contribution in [3.8, 4) is 0 Å². The van der Waals surface area contributed by atoms with Gasteiger partial charge in [0, 0.05) is 12.5 Å². The van der Waals surface area contributed by atoms with Crippen molar-refractivity contribution in [1.29, 1.82) is 0 Å². The van der Waals surface area contributed by atoms with Crippen molar-refractivity contribution >= 4 is 38.2 Å². The molecular weight excluding hydrogens is 370 g/mol. The summed E-state index contributed by atoms with van der Waals surface area (Å²) in [4.78, 5) is 23.2. The summed E-state index contributed by atoms with van der Waals surface area (Å²) in [5, 5.41) is 1.39. The summed E-state index contributed by atoms with van der Waals surface area (Å²) < 4.78 is 32.7. The van der Waals surface area contributed by atoms with Gasteiger partial charge in [0.05, 0.1) is 6.54 Å². The molecule has 2 rings (SSSR count). The average Bonchev–Trinajstić information content (AvgIpc) is 2.94. The maximum atomic E-state index is 12.4. The van der Waals surface area contributed by atoms with Crippen LogP contribution in [0.25, 0.3) is 0 Å². The summed E-state index contributed by atoms with van der Waals surface area (Å²) in [6.45, 7) is -0.345. The lowest BCUT2D eigenvalue weighted by Gasteiger charge is -2.18. The number of nitrogens with zero attached hydrogens (tertiary/aromatic N) is 1. The van der Waals surface area contributed by atoms with Crippen LogP contribution in [0.5, 0.6) is 0 Å². The fourth-order valence-electron chi connectivity index (χ4n) is 1.86. The van der Waals surface area contributed by atoms with E-state index in [1.807, 2.05) is 10.8 Å². The van der Waals surface area contributed by atoms with Crippen LogP contribution in [0.1, 0.15) is 5.56 Å². The number of ether oxygens (including phenoxy) is 1. The topological polar surface area (TPSA) is 143 Å². The Bertz CT molecular complexity index is 768. The minimum atomic E-state index is -4.15. The first-order valence-electron chi connectivity index (χ1n) is 7.09. The number of amides is 2. The largest absolute Gasteiger partial charge is 0.444 e. The molecule has 12 heteroatoms. The van der Waals surface area contributed by atoms with E-state index in [1.165, 1.54) is 10.5 Å². The molecule has 0 saturated carbocycles. The first-order valence-corrected chi connectivity index (χ1v) is 9.99. The normalized spacial score (nSPS) is 20.6. The number of carbonyl (C=O) groups is 2. The third-order valence-corrected chi connectivity index (χ3v) is 7.02. The van der Waals surface area contributed by atoms with Gasteiger partial charge in [0.15, 0.2) is 0 Å². The van der Waals surface area contributed by atoms with Gasteiger partial charge in [-0.3, -0.25) is 4.79 Å². The minimum Gasteiger partial charge on any atom is -0.444 e. The van der Waals surface area contributed by atoms with Crippen LogP contribution in [0.3, 0.4) is 0 Å². The molecule has 1 aliphatic heterocycles. The number of nitrogens with two attached hydrogens (primary N) is 1. The van der Waals surface area contributed by atoms with Gasteiger partial charge in [-0.2, -0.15) is 0 Å². The van der Waals surface area contributed by atoms with Gasteiger partial charge in [-0.05, 0) is 16.2 Å². The van der Waals surface area contributed by atoms with Crippen LogP contribution in [-0.4, -0.2) is 49.2 Å². The zero-order valence-corrected chi connectivity index (χ0v) is 15.0. The van der Waals surface area contributed by atoms with E-state index in [-0.39, 0.29) is 13.2 Å². The number of carbonyl (C=O) groups excluding carboxylic acids is 2. The van der Waals surface area contributed by atoms with Crippen LogP contribution in [0.15, 0.2) is 30.3 Å². The number of rotatable bonds is 6. The van der Waals surface area contributed by atoms with Crippen molar-refractivity contribution in [3.05, 3.63) is 35.9 Å². The van der Waals surface area contributed by atoms with Crippen LogP contribution in [0.4, 0.5) is 4.79 Å². The standard InChI is InChI=1S/C13H19N5O5S2/c1-18-9-24(16-11(19)7-14)13(15-18)25(21,22)17-12(20)23-8-10-5-3-2-4-6-10/h2-6,9,13,15H,7-8,14H2,1H3,(H,16,19)(H,17,20). The number of hydrazine groups is 1. The Balaban J connectivity index is 1.98. The third kappa shape index (κ3) is 5.51. The maximum absolute atomic E-state index is 12.4. The zero-order valence-electron chi connectivity index (χ0n) is 13.3. The van der Waals surface area contributed by atoms with Crippen LogP contribution >= 0.6 is 10.7 Å². The summed E-state index contributed by atoms with van der Waals surface area (Å²) in [7, 11) is -3.78. The summed E-state index contributed by atoms with van der Waals surface area (Å²) in [6.07, 6.45) is -1.10. The minimum absolute atomic E-state index is 0.0675. The predicted molar refractivity (Wildman–Crippen MR) is 94.2 cm³/mol.